The SMILES string of the molecule is CCn1c(-n2nc(C)c(C)c2C)nc2c1c(=O)n(C)c(=O)n2C. The summed E-state index contributed by atoms with van der Waals surface area (Å²) in [5.74, 6) is 0.550. The Morgan fingerprint density at radius 3 is 2.22 bits per heavy atom. The highest BCUT2D eigenvalue weighted by atomic mass is 16.2. The Hall–Kier alpha value is -2.64. The summed E-state index contributed by atoms with van der Waals surface area (Å²) in [5, 5.41) is 4.53. The summed E-state index contributed by atoms with van der Waals surface area (Å²) in [6.45, 7) is 8.39. The van der Waals surface area contributed by atoms with Gasteiger partial charge >= 0.3 is 5.69 Å². The van der Waals surface area contributed by atoms with E-state index in [0.29, 0.717) is 23.7 Å². The molecule has 3 aromatic heterocycles. The molecule has 0 spiro atoms. The Bertz CT molecular complexity index is 1050. The average Bonchev–Trinajstić information content (AvgIpc) is 3.03. The van der Waals surface area contributed by atoms with Crippen molar-refractivity contribution in [1.82, 2.24) is 28.5 Å². The summed E-state index contributed by atoms with van der Waals surface area (Å²) in [6, 6.07) is 0. The van der Waals surface area contributed by atoms with Crippen LogP contribution in [-0.2, 0) is 20.6 Å². The van der Waals surface area contributed by atoms with Gasteiger partial charge in [0.2, 0.25) is 5.95 Å². The lowest BCUT2D eigenvalue weighted by atomic mass is 10.2. The second-order valence-corrected chi connectivity index (χ2v) is 5.74. The lowest BCUT2D eigenvalue weighted by Crippen LogP contribution is -2.37. The molecule has 0 bridgehead atoms. The molecular formula is C15H20N6O2. The van der Waals surface area contributed by atoms with E-state index < -0.39 is 0 Å². The fourth-order valence-corrected chi connectivity index (χ4v) is 2.81. The molecule has 0 fully saturated rings. The van der Waals surface area contributed by atoms with Gasteiger partial charge in [-0.2, -0.15) is 10.1 Å². The maximum Gasteiger partial charge on any atom is 0.332 e. The maximum absolute atomic E-state index is 12.5. The van der Waals surface area contributed by atoms with Gasteiger partial charge in [-0.1, -0.05) is 0 Å². The average molecular weight is 316 g/mol. The first-order valence-corrected chi connectivity index (χ1v) is 7.49. The van der Waals surface area contributed by atoms with Gasteiger partial charge in [-0.3, -0.25) is 13.9 Å². The van der Waals surface area contributed by atoms with Crippen molar-refractivity contribution < 1.29 is 0 Å². The minimum Gasteiger partial charge on any atom is -0.303 e. The highest BCUT2D eigenvalue weighted by molar-refractivity contribution is 5.72. The first-order valence-electron chi connectivity index (χ1n) is 7.49. The van der Waals surface area contributed by atoms with Gasteiger partial charge in [0, 0.05) is 26.3 Å². The molecule has 3 heterocycles. The molecule has 122 valence electrons. The number of rotatable bonds is 2. The Labute approximate surface area is 132 Å². The first kappa shape index (κ1) is 15.3. The molecule has 8 heteroatoms. The summed E-state index contributed by atoms with van der Waals surface area (Å²) >= 11 is 0. The van der Waals surface area contributed by atoms with Crippen LogP contribution in [0.2, 0.25) is 0 Å². The van der Waals surface area contributed by atoms with Crippen LogP contribution in [-0.4, -0.2) is 28.5 Å². The molecule has 0 N–H and O–H groups in total. The number of aryl methyl sites for hydroxylation is 3. The fourth-order valence-electron chi connectivity index (χ4n) is 2.81. The molecule has 0 unspecified atom stereocenters. The molecule has 8 nitrogen and oxygen atoms in total. The van der Waals surface area contributed by atoms with E-state index in [1.807, 2.05) is 27.7 Å². The molecule has 3 aromatic rings. The summed E-state index contributed by atoms with van der Waals surface area (Å²) in [6.07, 6.45) is 0. The standard InChI is InChI=1S/C15H20N6O2/c1-7-20-11-12(18(5)15(23)19(6)13(11)22)16-14(20)21-10(4)8(2)9(3)17-21/h7H2,1-6H3. The van der Waals surface area contributed by atoms with E-state index in [4.69, 9.17) is 0 Å². The topological polar surface area (TPSA) is 79.6 Å². The minimum atomic E-state index is -0.389. The second-order valence-electron chi connectivity index (χ2n) is 5.74. The zero-order chi connectivity index (χ0) is 17.0. The molecule has 0 saturated heterocycles. The monoisotopic (exact) mass is 316 g/mol. The molecule has 0 atom stereocenters. The molecule has 0 aliphatic rings. The number of hydrogen-bond acceptors (Lipinski definition) is 4. The van der Waals surface area contributed by atoms with Crippen LogP contribution in [0.5, 0.6) is 0 Å². The number of imidazole rings is 1. The van der Waals surface area contributed by atoms with Crippen molar-refractivity contribution in [1.29, 1.82) is 0 Å². The molecule has 0 aliphatic carbocycles. The van der Waals surface area contributed by atoms with Crippen LogP contribution in [0.15, 0.2) is 9.59 Å². The third kappa shape index (κ3) is 1.90. The molecule has 0 saturated carbocycles. The molecule has 23 heavy (non-hydrogen) atoms. The third-order valence-electron chi connectivity index (χ3n) is 4.49. The second kappa shape index (κ2) is 4.94. The summed E-state index contributed by atoms with van der Waals surface area (Å²) in [5.41, 5.74) is 3.02. The molecule has 0 amide bonds. The van der Waals surface area contributed by atoms with E-state index in [-0.39, 0.29) is 11.2 Å². The Morgan fingerprint density at radius 2 is 1.70 bits per heavy atom. The van der Waals surface area contributed by atoms with E-state index >= 15 is 0 Å². The summed E-state index contributed by atoms with van der Waals surface area (Å²) in [4.78, 5) is 29.2. The van der Waals surface area contributed by atoms with E-state index in [1.165, 1.54) is 11.6 Å². The van der Waals surface area contributed by atoms with Gasteiger partial charge in [0.15, 0.2) is 11.2 Å². The third-order valence-corrected chi connectivity index (χ3v) is 4.49. The molecule has 0 aliphatic heterocycles. The van der Waals surface area contributed by atoms with E-state index in [1.54, 1.807) is 16.3 Å². The van der Waals surface area contributed by atoms with Crippen LogP contribution >= 0.6 is 0 Å². The first-order chi connectivity index (χ1) is 10.8. The number of aromatic nitrogens is 6. The van der Waals surface area contributed by atoms with Crippen molar-refractivity contribution >= 4 is 11.2 Å². The number of nitrogens with zero attached hydrogens (tertiary/aromatic N) is 6. The predicted molar refractivity (Wildman–Crippen MR) is 87.2 cm³/mol. The number of fused-ring (bicyclic) bond motifs is 1. The maximum atomic E-state index is 12.5. The minimum absolute atomic E-state index is 0.345. The van der Waals surface area contributed by atoms with Crippen LogP contribution in [0, 0.1) is 20.8 Å². The van der Waals surface area contributed by atoms with Crippen LogP contribution in [0.3, 0.4) is 0 Å². The van der Waals surface area contributed by atoms with E-state index in [9.17, 15) is 9.59 Å². The van der Waals surface area contributed by atoms with Gasteiger partial charge in [0.1, 0.15) is 0 Å². The lowest BCUT2D eigenvalue weighted by molar-refractivity contribution is 0.678. The van der Waals surface area contributed by atoms with Crippen molar-refractivity contribution in [3.63, 3.8) is 0 Å². The molecule has 0 aromatic carbocycles. The predicted octanol–water partition coefficient (Wildman–Crippen LogP) is 0.565. The highest BCUT2D eigenvalue weighted by Crippen LogP contribution is 2.19. The van der Waals surface area contributed by atoms with Crippen molar-refractivity contribution in [2.24, 2.45) is 14.1 Å². The molecule has 3 rings (SSSR count). The van der Waals surface area contributed by atoms with Crippen LogP contribution in [0.4, 0.5) is 0 Å². The number of hydrogen-bond donors (Lipinski definition) is 0. The van der Waals surface area contributed by atoms with Gasteiger partial charge in [0.05, 0.1) is 5.69 Å². The molecule has 0 radical (unpaired) electrons. The zero-order valence-corrected chi connectivity index (χ0v) is 14.2. The quantitative estimate of drug-likeness (QED) is 0.692. The van der Waals surface area contributed by atoms with Crippen molar-refractivity contribution in [2.75, 3.05) is 0 Å². The van der Waals surface area contributed by atoms with Crippen LogP contribution in [0.25, 0.3) is 17.1 Å². The van der Waals surface area contributed by atoms with Crippen LogP contribution < -0.4 is 11.2 Å². The van der Waals surface area contributed by atoms with Crippen LogP contribution in [0.1, 0.15) is 23.9 Å². The summed E-state index contributed by atoms with van der Waals surface area (Å²) in [7, 11) is 3.09. The Kier molecular flexibility index (Phi) is 3.28. The Morgan fingerprint density at radius 1 is 1.04 bits per heavy atom. The van der Waals surface area contributed by atoms with Gasteiger partial charge in [-0.15, -0.1) is 0 Å². The van der Waals surface area contributed by atoms with Gasteiger partial charge in [-0.25, -0.2) is 9.48 Å². The van der Waals surface area contributed by atoms with Gasteiger partial charge in [0.25, 0.3) is 5.56 Å². The van der Waals surface area contributed by atoms with E-state index in [0.717, 1.165) is 21.5 Å². The zero-order valence-electron chi connectivity index (χ0n) is 14.2. The molecular weight excluding hydrogens is 296 g/mol. The summed E-state index contributed by atoms with van der Waals surface area (Å²) < 4.78 is 6.03. The lowest BCUT2D eigenvalue weighted by Gasteiger charge is -2.07. The van der Waals surface area contributed by atoms with E-state index in [2.05, 4.69) is 10.1 Å². The normalized spacial score (nSPS) is 11.6. The van der Waals surface area contributed by atoms with Gasteiger partial charge in [-0.05, 0) is 33.3 Å². The van der Waals surface area contributed by atoms with Crippen molar-refractivity contribution in [3.8, 4) is 5.95 Å². The van der Waals surface area contributed by atoms with Crippen molar-refractivity contribution in [2.45, 2.75) is 34.2 Å². The highest BCUT2D eigenvalue weighted by Gasteiger charge is 2.21. The Balaban J connectivity index is 2.51. The smallest absolute Gasteiger partial charge is 0.303 e. The van der Waals surface area contributed by atoms with Gasteiger partial charge < -0.3 is 4.57 Å². The largest absolute Gasteiger partial charge is 0.332 e. The fraction of sp³-hybridized carbons (Fsp3) is 0.467. The van der Waals surface area contributed by atoms with Crippen molar-refractivity contribution in [3.05, 3.63) is 37.8 Å².